The average Bonchev–Trinajstić information content (AvgIpc) is 2.81. The molecule has 32 heavy (non-hydrogen) atoms. The van der Waals surface area contributed by atoms with E-state index in [0.29, 0.717) is 28.4 Å². The Labute approximate surface area is 188 Å². The topological polar surface area (TPSA) is 89.5 Å². The zero-order valence-electron chi connectivity index (χ0n) is 19.7. The van der Waals surface area contributed by atoms with Gasteiger partial charge >= 0.3 is 0 Å². The number of allylic oxidation sites excluding steroid dienone is 2. The second-order valence-corrected chi connectivity index (χ2v) is 7.95. The first-order valence-corrected chi connectivity index (χ1v) is 10.2. The quantitative estimate of drug-likeness (QED) is 0.591. The minimum atomic E-state index is -0.912. The molecule has 1 aromatic rings. The maximum Gasteiger partial charge on any atom is 0.224 e. The van der Waals surface area contributed by atoms with Gasteiger partial charge in [-0.25, -0.2) is 0 Å². The Hall–Kier alpha value is -2.84. The molecule has 0 saturated heterocycles. The molecule has 1 aromatic carbocycles. The van der Waals surface area contributed by atoms with Crippen LogP contribution in [-0.2, 0) is 23.8 Å². The van der Waals surface area contributed by atoms with Gasteiger partial charge in [0.25, 0.3) is 0 Å². The first kappa shape index (κ1) is 23.8. The highest BCUT2D eigenvalue weighted by Gasteiger charge is 2.56. The number of ketones is 2. The van der Waals surface area contributed by atoms with Crippen LogP contribution < -0.4 is 14.2 Å². The van der Waals surface area contributed by atoms with Crippen molar-refractivity contribution in [2.75, 3.05) is 42.7 Å². The third kappa shape index (κ3) is 3.38. The van der Waals surface area contributed by atoms with Crippen LogP contribution in [0.15, 0.2) is 35.1 Å². The van der Waals surface area contributed by atoms with Crippen LogP contribution in [0.1, 0.15) is 25.3 Å². The minimum absolute atomic E-state index is 0.0127. The van der Waals surface area contributed by atoms with Gasteiger partial charge in [0.15, 0.2) is 23.0 Å². The van der Waals surface area contributed by atoms with Crippen molar-refractivity contribution in [1.82, 2.24) is 0 Å². The predicted molar refractivity (Wildman–Crippen MR) is 116 cm³/mol. The second-order valence-electron chi connectivity index (χ2n) is 7.95. The molecule has 4 atom stereocenters. The Bertz CT molecular complexity index is 992. The van der Waals surface area contributed by atoms with Crippen LogP contribution in [0, 0.1) is 5.92 Å². The molecule has 3 rings (SSSR count). The standard InChI is InChI=1S/C24H30O8/c1-12-19(13-9-16(28-4)17(29-5)11-15(13)27-3)21-20(23(31-7)24(12,2)32-8)14(25)10-18(30-6)22(21)26/h9-12,19,23H,1-8H3. The van der Waals surface area contributed by atoms with Crippen molar-refractivity contribution in [3.05, 3.63) is 40.7 Å². The van der Waals surface area contributed by atoms with E-state index >= 15 is 0 Å². The lowest BCUT2D eigenvalue weighted by molar-refractivity contribution is -0.142. The van der Waals surface area contributed by atoms with E-state index in [-0.39, 0.29) is 28.8 Å². The molecule has 2 aliphatic rings. The lowest BCUT2D eigenvalue weighted by Gasteiger charge is -2.50. The highest BCUT2D eigenvalue weighted by molar-refractivity contribution is 6.23. The van der Waals surface area contributed by atoms with Crippen LogP contribution in [0.3, 0.4) is 0 Å². The SMILES string of the molecule is COC1=CC(=O)C2=C(C1=O)C(c1cc(OC)c(OC)cc1OC)C(C)C(C)(OC)C2OC. The van der Waals surface area contributed by atoms with Crippen LogP contribution in [0.5, 0.6) is 17.2 Å². The zero-order valence-corrected chi connectivity index (χ0v) is 19.7. The lowest BCUT2D eigenvalue weighted by atomic mass is 9.61. The first-order chi connectivity index (χ1) is 15.2. The van der Waals surface area contributed by atoms with E-state index < -0.39 is 17.6 Å². The number of carbonyl (C=O) groups excluding carboxylic acids is 2. The van der Waals surface area contributed by atoms with E-state index in [1.807, 2.05) is 13.8 Å². The molecule has 8 heteroatoms. The Kier molecular flexibility index (Phi) is 6.67. The van der Waals surface area contributed by atoms with Gasteiger partial charge in [0.1, 0.15) is 11.9 Å². The van der Waals surface area contributed by atoms with Crippen LogP contribution >= 0.6 is 0 Å². The second kappa shape index (κ2) is 8.96. The van der Waals surface area contributed by atoms with E-state index in [9.17, 15) is 9.59 Å². The van der Waals surface area contributed by atoms with E-state index in [1.54, 1.807) is 19.2 Å². The molecule has 0 spiro atoms. The molecule has 0 aromatic heterocycles. The summed E-state index contributed by atoms with van der Waals surface area (Å²) in [5.74, 6) is -0.126. The molecule has 0 N–H and O–H groups in total. The first-order valence-electron chi connectivity index (χ1n) is 10.2. The summed E-state index contributed by atoms with van der Waals surface area (Å²) >= 11 is 0. The summed E-state index contributed by atoms with van der Waals surface area (Å²) in [4.78, 5) is 26.7. The average molecular weight is 446 g/mol. The number of carbonyl (C=O) groups is 2. The van der Waals surface area contributed by atoms with Gasteiger partial charge in [-0.3, -0.25) is 9.59 Å². The Morgan fingerprint density at radius 3 is 1.91 bits per heavy atom. The van der Waals surface area contributed by atoms with Crippen molar-refractivity contribution in [3.8, 4) is 17.2 Å². The van der Waals surface area contributed by atoms with Gasteiger partial charge in [-0.05, 0) is 18.9 Å². The molecular weight excluding hydrogens is 416 g/mol. The molecule has 0 fully saturated rings. The smallest absolute Gasteiger partial charge is 0.224 e. The van der Waals surface area contributed by atoms with Crippen molar-refractivity contribution < 1.29 is 38.0 Å². The molecule has 0 amide bonds. The highest BCUT2D eigenvalue weighted by Crippen LogP contribution is 2.54. The van der Waals surface area contributed by atoms with Crippen molar-refractivity contribution in [2.45, 2.75) is 31.5 Å². The number of hydrogen-bond donors (Lipinski definition) is 0. The summed E-state index contributed by atoms with van der Waals surface area (Å²) < 4.78 is 33.5. The van der Waals surface area contributed by atoms with Gasteiger partial charge in [0.05, 0.1) is 34.0 Å². The number of benzene rings is 1. The Morgan fingerprint density at radius 2 is 1.41 bits per heavy atom. The van der Waals surface area contributed by atoms with Gasteiger partial charge in [-0.15, -0.1) is 0 Å². The fourth-order valence-electron chi connectivity index (χ4n) is 4.85. The monoisotopic (exact) mass is 446 g/mol. The summed E-state index contributed by atoms with van der Waals surface area (Å²) in [6.45, 7) is 3.84. The molecule has 0 radical (unpaired) electrons. The van der Waals surface area contributed by atoms with Gasteiger partial charge in [0.2, 0.25) is 5.78 Å². The summed E-state index contributed by atoms with van der Waals surface area (Å²) in [5.41, 5.74) is 0.336. The molecule has 0 heterocycles. The maximum atomic E-state index is 13.5. The predicted octanol–water partition coefficient (Wildman–Crippen LogP) is 2.84. The summed E-state index contributed by atoms with van der Waals surface area (Å²) in [6, 6.07) is 3.48. The van der Waals surface area contributed by atoms with Crippen LogP contribution in [-0.4, -0.2) is 65.9 Å². The molecule has 8 nitrogen and oxygen atoms in total. The van der Waals surface area contributed by atoms with E-state index in [4.69, 9.17) is 28.4 Å². The Balaban J connectivity index is 2.39. The van der Waals surface area contributed by atoms with Gasteiger partial charge in [-0.2, -0.15) is 0 Å². The number of methoxy groups -OCH3 is 6. The summed E-state index contributed by atoms with van der Waals surface area (Å²) in [6.07, 6.45) is 0.466. The molecule has 4 unspecified atom stereocenters. The van der Waals surface area contributed by atoms with Crippen LogP contribution in [0.25, 0.3) is 0 Å². The van der Waals surface area contributed by atoms with Crippen molar-refractivity contribution >= 4 is 11.6 Å². The van der Waals surface area contributed by atoms with E-state index in [2.05, 4.69) is 0 Å². The highest BCUT2D eigenvalue weighted by atomic mass is 16.5. The number of rotatable bonds is 7. The largest absolute Gasteiger partial charge is 0.496 e. The van der Waals surface area contributed by atoms with Gasteiger partial charge < -0.3 is 28.4 Å². The van der Waals surface area contributed by atoms with Gasteiger partial charge in [-0.1, -0.05) is 6.92 Å². The van der Waals surface area contributed by atoms with Crippen LogP contribution in [0.4, 0.5) is 0 Å². The van der Waals surface area contributed by atoms with Crippen molar-refractivity contribution in [2.24, 2.45) is 5.92 Å². The normalized spacial score (nSPS) is 27.6. The fourth-order valence-corrected chi connectivity index (χ4v) is 4.85. The molecular formula is C24H30O8. The summed E-state index contributed by atoms with van der Waals surface area (Å²) in [7, 11) is 9.05. The number of ether oxygens (including phenoxy) is 6. The molecule has 2 aliphatic carbocycles. The zero-order chi connectivity index (χ0) is 23.8. The number of hydrogen-bond acceptors (Lipinski definition) is 8. The van der Waals surface area contributed by atoms with Gasteiger partial charge in [0, 0.05) is 49.0 Å². The fraction of sp³-hybridized carbons (Fsp3) is 0.500. The Morgan fingerprint density at radius 1 is 0.812 bits per heavy atom. The van der Waals surface area contributed by atoms with Crippen molar-refractivity contribution in [1.29, 1.82) is 0 Å². The van der Waals surface area contributed by atoms with E-state index in [0.717, 1.165) is 0 Å². The van der Waals surface area contributed by atoms with E-state index in [1.165, 1.54) is 41.6 Å². The minimum Gasteiger partial charge on any atom is -0.496 e. The van der Waals surface area contributed by atoms with Crippen molar-refractivity contribution in [3.63, 3.8) is 0 Å². The third-order valence-corrected chi connectivity index (χ3v) is 6.75. The maximum absolute atomic E-state index is 13.5. The van der Waals surface area contributed by atoms with Crippen LogP contribution in [0.2, 0.25) is 0 Å². The summed E-state index contributed by atoms with van der Waals surface area (Å²) in [5, 5.41) is 0. The third-order valence-electron chi connectivity index (χ3n) is 6.75. The molecule has 0 saturated carbocycles. The lowest BCUT2D eigenvalue weighted by Crippen LogP contribution is -2.56. The number of Topliss-reactive ketones (excluding diaryl/α,β-unsaturated/α-hetero) is 1. The molecule has 174 valence electrons. The molecule has 0 bridgehead atoms. The molecule has 0 aliphatic heterocycles.